The van der Waals surface area contributed by atoms with Crippen LogP contribution in [0.3, 0.4) is 0 Å². The van der Waals surface area contributed by atoms with Crippen LogP contribution in [0.25, 0.3) is 0 Å². The first-order valence-electron chi connectivity index (χ1n) is 6.82. The van der Waals surface area contributed by atoms with Crippen LogP contribution in [-0.2, 0) is 6.42 Å². The van der Waals surface area contributed by atoms with E-state index in [2.05, 4.69) is 33.4 Å². The predicted octanol–water partition coefficient (Wildman–Crippen LogP) is 3.97. The molecule has 0 aliphatic carbocycles. The number of likely N-dealkylation sites (N-methyl/N-ethyl adjacent to an activating group) is 1. The van der Waals surface area contributed by atoms with E-state index in [4.69, 9.17) is 9.47 Å². The minimum Gasteiger partial charge on any atom is -0.496 e. The second kappa shape index (κ2) is 7.48. The number of benzene rings is 2. The molecule has 0 fully saturated rings. The summed E-state index contributed by atoms with van der Waals surface area (Å²) in [7, 11) is 5.32. The van der Waals surface area contributed by atoms with E-state index in [-0.39, 0.29) is 6.04 Å². The van der Waals surface area contributed by atoms with E-state index in [0.717, 1.165) is 28.0 Å². The van der Waals surface area contributed by atoms with Gasteiger partial charge in [-0.3, -0.25) is 0 Å². The molecule has 0 radical (unpaired) electrons. The highest BCUT2D eigenvalue weighted by atomic mass is 79.9. The molecule has 0 bridgehead atoms. The molecule has 0 amide bonds. The molecule has 0 heterocycles. The molecule has 112 valence electrons. The number of hydrogen-bond donors (Lipinski definition) is 1. The van der Waals surface area contributed by atoms with Crippen molar-refractivity contribution >= 4 is 15.9 Å². The summed E-state index contributed by atoms with van der Waals surface area (Å²) in [5.41, 5.74) is 2.28. The number of hydrogen-bond acceptors (Lipinski definition) is 3. The average molecular weight is 350 g/mol. The maximum absolute atomic E-state index is 5.51. The third-order valence-electron chi connectivity index (χ3n) is 3.54. The lowest BCUT2D eigenvalue weighted by Gasteiger charge is -2.22. The summed E-state index contributed by atoms with van der Waals surface area (Å²) in [5.74, 6) is 1.67. The fourth-order valence-corrected chi connectivity index (χ4v) is 2.90. The van der Waals surface area contributed by atoms with Crippen LogP contribution in [0.15, 0.2) is 46.9 Å². The van der Waals surface area contributed by atoms with Gasteiger partial charge in [0.05, 0.1) is 19.8 Å². The van der Waals surface area contributed by atoms with Gasteiger partial charge in [0, 0.05) is 10.5 Å². The maximum atomic E-state index is 5.51. The van der Waals surface area contributed by atoms with Crippen molar-refractivity contribution < 1.29 is 9.47 Å². The van der Waals surface area contributed by atoms with Crippen molar-refractivity contribution in [3.8, 4) is 11.5 Å². The third kappa shape index (κ3) is 3.57. The predicted molar refractivity (Wildman–Crippen MR) is 89.2 cm³/mol. The van der Waals surface area contributed by atoms with Crippen molar-refractivity contribution in [2.45, 2.75) is 12.5 Å². The molecule has 3 nitrogen and oxygen atoms in total. The van der Waals surface area contributed by atoms with Gasteiger partial charge in [-0.05, 0) is 37.2 Å². The lowest BCUT2D eigenvalue weighted by Crippen LogP contribution is -2.20. The van der Waals surface area contributed by atoms with E-state index in [9.17, 15) is 0 Å². The number of ether oxygens (including phenoxy) is 2. The van der Waals surface area contributed by atoms with Gasteiger partial charge >= 0.3 is 0 Å². The van der Waals surface area contributed by atoms with Gasteiger partial charge in [0.25, 0.3) is 0 Å². The molecular formula is C17H20BrNO2. The highest BCUT2D eigenvalue weighted by Crippen LogP contribution is 2.36. The zero-order chi connectivity index (χ0) is 15.2. The van der Waals surface area contributed by atoms with Gasteiger partial charge in [0.15, 0.2) is 0 Å². The Bertz CT molecular complexity index is 579. The van der Waals surface area contributed by atoms with Crippen LogP contribution in [0.5, 0.6) is 11.5 Å². The average Bonchev–Trinajstić information content (AvgIpc) is 2.53. The van der Waals surface area contributed by atoms with Gasteiger partial charge in [0.1, 0.15) is 11.5 Å². The fourth-order valence-electron chi connectivity index (χ4n) is 2.46. The first-order chi connectivity index (χ1) is 10.2. The Morgan fingerprint density at radius 3 is 2.14 bits per heavy atom. The lowest BCUT2D eigenvalue weighted by molar-refractivity contribution is 0.373. The minimum absolute atomic E-state index is 0.106. The van der Waals surface area contributed by atoms with Crippen molar-refractivity contribution in [2.24, 2.45) is 0 Å². The molecule has 1 unspecified atom stereocenters. The molecular weight excluding hydrogens is 330 g/mol. The van der Waals surface area contributed by atoms with Gasteiger partial charge in [-0.1, -0.05) is 40.2 Å². The molecule has 0 saturated heterocycles. The summed E-state index contributed by atoms with van der Waals surface area (Å²) < 4.78 is 12.1. The summed E-state index contributed by atoms with van der Waals surface area (Å²) in [4.78, 5) is 0. The minimum atomic E-state index is 0.106. The van der Waals surface area contributed by atoms with Crippen LogP contribution >= 0.6 is 15.9 Å². The van der Waals surface area contributed by atoms with Crippen molar-refractivity contribution in [2.75, 3.05) is 21.3 Å². The quantitative estimate of drug-likeness (QED) is 0.855. The van der Waals surface area contributed by atoms with Gasteiger partial charge in [-0.2, -0.15) is 0 Å². The molecule has 1 atom stereocenters. The molecule has 0 aliphatic heterocycles. The first kappa shape index (κ1) is 15.9. The molecule has 0 aliphatic rings. The van der Waals surface area contributed by atoms with Crippen molar-refractivity contribution in [3.05, 3.63) is 58.1 Å². The summed E-state index contributed by atoms with van der Waals surface area (Å²) in [6.45, 7) is 0. The summed E-state index contributed by atoms with van der Waals surface area (Å²) >= 11 is 3.61. The monoisotopic (exact) mass is 349 g/mol. The smallest absolute Gasteiger partial charge is 0.127 e. The van der Waals surface area contributed by atoms with Crippen LogP contribution < -0.4 is 14.8 Å². The normalized spacial score (nSPS) is 12.0. The Hall–Kier alpha value is -1.52. The largest absolute Gasteiger partial charge is 0.496 e. The van der Waals surface area contributed by atoms with Gasteiger partial charge in [-0.25, -0.2) is 0 Å². The Balaban J connectivity index is 2.40. The van der Waals surface area contributed by atoms with E-state index in [1.54, 1.807) is 14.2 Å². The van der Waals surface area contributed by atoms with E-state index in [0.29, 0.717) is 0 Å². The Kier molecular flexibility index (Phi) is 5.65. The first-order valence-corrected chi connectivity index (χ1v) is 7.62. The topological polar surface area (TPSA) is 30.5 Å². The lowest BCUT2D eigenvalue weighted by atomic mass is 9.97. The number of rotatable bonds is 6. The van der Waals surface area contributed by atoms with Crippen molar-refractivity contribution in [1.29, 1.82) is 0 Å². The molecule has 4 heteroatoms. The van der Waals surface area contributed by atoms with Crippen molar-refractivity contribution in [3.63, 3.8) is 0 Å². The standard InChI is InChI=1S/C17H20BrNO2/c1-19-14(11-12-7-4-5-8-13(12)18)17-15(20-2)9-6-10-16(17)21-3/h4-10,14,19H,11H2,1-3H3. The van der Waals surface area contributed by atoms with Crippen LogP contribution in [0, 0.1) is 0 Å². The molecule has 2 aromatic carbocycles. The van der Waals surface area contributed by atoms with E-state index >= 15 is 0 Å². The Morgan fingerprint density at radius 1 is 1.00 bits per heavy atom. The second-order valence-electron chi connectivity index (χ2n) is 4.71. The van der Waals surface area contributed by atoms with E-state index in [1.807, 2.05) is 37.4 Å². The second-order valence-corrected chi connectivity index (χ2v) is 5.57. The zero-order valence-corrected chi connectivity index (χ0v) is 14.1. The number of nitrogens with one attached hydrogen (secondary N) is 1. The molecule has 1 N–H and O–H groups in total. The summed E-state index contributed by atoms with van der Waals surface area (Å²) in [5, 5.41) is 3.36. The highest BCUT2D eigenvalue weighted by Gasteiger charge is 2.20. The molecule has 0 saturated carbocycles. The van der Waals surface area contributed by atoms with Crippen LogP contribution in [0.2, 0.25) is 0 Å². The molecule has 2 rings (SSSR count). The molecule has 21 heavy (non-hydrogen) atoms. The van der Waals surface area contributed by atoms with Crippen LogP contribution in [-0.4, -0.2) is 21.3 Å². The highest BCUT2D eigenvalue weighted by molar-refractivity contribution is 9.10. The maximum Gasteiger partial charge on any atom is 0.127 e. The number of methoxy groups -OCH3 is 2. The van der Waals surface area contributed by atoms with E-state index in [1.165, 1.54) is 5.56 Å². The molecule has 0 spiro atoms. The molecule has 2 aromatic rings. The molecule has 0 aromatic heterocycles. The van der Waals surface area contributed by atoms with Crippen LogP contribution in [0.1, 0.15) is 17.2 Å². The fraction of sp³-hybridized carbons (Fsp3) is 0.294. The van der Waals surface area contributed by atoms with Crippen LogP contribution in [0.4, 0.5) is 0 Å². The Labute approximate surface area is 134 Å². The van der Waals surface area contributed by atoms with Gasteiger partial charge in [0.2, 0.25) is 0 Å². The summed E-state index contributed by atoms with van der Waals surface area (Å²) in [6.07, 6.45) is 0.842. The number of halogens is 1. The zero-order valence-electron chi connectivity index (χ0n) is 12.5. The van der Waals surface area contributed by atoms with Crippen molar-refractivity contribution in [1.82, 2.24) is 5.32 Å². The van der Waals surface area contributed by atoms with Gasteiger partial charge in [-0.15, -0.1) is 0 Å². The van der Waals surface area contributed by atoms with E-state index < -0.39 is 0 Å². The van der Waals surface area contributed by atoms with Gasteiger partial charge < -0.3 is 14.8 Å². The summed E-state index contributed by atoms with van der Waals surface area (Å²) in [6, 6.07) is 14.2. The Morgan fingerprint density at radius 2 is 1.62 bits per heavy atom. The third-order valence-corrected chi connectivity index (χ3v) is 4.32. The SMILES string of the molecule is CNC(Cc1ccccc1Br)c1c(OC)cccc1OC.